The van der Waals surface area contributed by atoms with E-state index in [1.54, 1.807) is 0 Å². The molecule has 1 aromatic heterocycles. The molecule has 0 amide bonds. The maximum Gasteiger partial charge on any atom is 0.102 e. The van der Waals surface area contributed by atoms with E-state index in [9.17, 15) is 0 Å². The van der Waals surface area contributed by atoms with Crippen molar-refractivity contribution in [1.82, 2.24) is 9.97 Å². The first-order chi connectivity index (χ1) is 20.4. The van der Waals surface area contributed by atoms with Crippen LogP contribution in [0.25, 0.3) is 31.5 Å². The van der Waals surface area contributed by atoms with Crippen LogP contribution in [-0.2, 0) is 12.8 Å². The summed E-state index contributed by atoms with van der Waals surface area (Å²) in [6.07, 6.45) is 18.0. The van der Waals surface area contributed by atoms with Gasteiger partial charge in [0.25, 0.3) is 0 Å². The number of aryl methyl sites for hydroxylation is 2. The van der Waals surface area contributed by atoms with E-state index in [0.29, 0.717) is 0 Å². The predicted molar refractivity (Wildman–Crippen MR) is 187 cm³/mol. The van der Waals surface area contributed by atoms with Crippen molar-refractivity contribution in [2.45, 2.75) is 116 Å². The van der Waals surface area contributed by atoms with Crippen LogP contribution in [0, 0.1) is 0 Å². The zero-order chi connectivity index (χ0) is 29.9. The third kappa shape index (κ3) is 8.62. The minimum absolute atomic E-state index is 0.374. The predicted octanol–water partition coefficient (Wildman–Crippen LogP) is 8.29. The van der Waals surface area contributed by atoms with Gasteiger partial charge < -0.3 is 11.5 Å². The second kappa shape index (κ2) is 16.8. The van der Waals surface area contributed by atoms with Crippen LogP contribution in [0.4, 0.5) is 0 Å². The molecule has 0 spiro atoms. The van der Waals surface area contributed by atoms with Crippen LogP contribution in [0.3, 0.4) is 0 Å². The number of unbranched alkanes of at least 4 members (excludes halogenated alkanes) is 10. The van der Waals surface area contributed by atoms with E-state index in [2.05, 4.69) is 94.2 Å². The molecule has 4 nitrogen and oxygen atoms in total. The molecular formula is C36H48Br2N4. The lowest BCUT2D eigenvalue weighted by atomic mass is 9.98. The lowest BCUT2D eigenvalue weighted by molar-refractivity contribution is 0.607. The lowest BCUT2D eigenvalue weighted by Gasteiger charge is -2.23. The third-order valence-corrected chi connectivity index (χ3v) is 10.2. The zero-order valence-corrected chi connectivity index (χ0v) is 28.7. The van der Waals surface area contributed by atoms with E-state index < -0.39 is 0 Å². The summed E-state index contributed by atoms with van der Waals surface area (Å²) in [5.41, 5.74) is 19.5. The van der Waals surface area contributed by atoms with Crippen LogP contribution in [0.15, 0.2) is 48.5 Å². The second-order valence-electron chi connectivity index (χ2n) is 11.8. The van der Waals surface area contributed by atoms with E-state index in [1.807, 2.05) is 0 Å². The molecule has 2 unspecified atom stereocenters. The number of hydrogen-bond acceptors (Lipinski definition) is 4. The first-order valence-corrected chi connectivity index (χ1v) is 17.7. The van der Waals surface area contributed by atoms with Crippen molar-refractivity contribution >= 4 is 40.8 Å². The number of nitrogens with zero attached hydrogens (tertiary/aromatic N) is 2. The molecule has 4 N–H and O–H groups in total. The summed E-state index contributed by atoms with van der Waals surface area (Å²) >= 11 is 7.40. The van der Waals surface area contributed by atoms with E-state index in [1.165, 1.54) is 88.2 Å². The summed E-state index contributed by atoms with van der Waals surface area (Å²) in [6.45, 7) is 4.53. The van der Waals surface area contributed by atoms with Gasteiger partial charge >= 0.3 is 0 Å². The molecule has 3 aromatic rings. The Morgan fingerprint density at radius 3 is 1.21 bits per heavy atom. The second-order valence-corrected chi connectivity index (χ2v) is 13.5. The van der Waals surface area contributed by atoms with Gasteiger partial charge in [-0.15, -0.1) is 0 Å². The number of fused-ring (bicyclic) bond motifs is 1. The number of aromatic nitrogens is 2. The van der Waals surface area contributed by atoms with E-state index in [-0.39, 0.29) is 12.1 Å². The van der Waals surface area contributed by atoms with Crippen LogP contribution < -0.4 is 22.2 Å². The smallest absolute Gasteiger partial charge is 0.102 e. The summed E-state index contributed by atoms with van der Waals surface area (Å²) in [5.74, 6) is 0. The molecule has 4 rings (SSSR count). The number of nitrogens with two attached hydrogens (primary N) is 2. The highest BCUT2D eigenvalue weighted by atomic mass is 79.9. The number of halogens is 2. The molecular weight excluding hydrogens is 648 g/mol. The Balaban J connectivity index is 1.61. The van der Waals surface area contributed by atoms with Crippen molar-refractivity contribution in [1.29, 1.82) is 0 Å². The van der Waals surface area contributed by atoms with E-state index >= 15 is 0 Å². The number of rotatable bonds is 16. The molecule has 1 aliphatic carbocycles. The average molecular weight is 697 g/mol. The van der Waals surface area contributed by atoms with E-state index in [4.69, 9.17) is 21.4 Å². The monoisotopic (exact) mass is 694 g/mol. The molecule has 0 saturated carbocycles. The Kier molecular flexibility index (Phi) is 13.3. The Morgan fingerprint density at radius 1 is 0.524 bits per heavy atom. The molecule has 1 heterocycles. The molecule has 0 saturated heterocycles. The summed E-state index contributed by atoms with van der Waals surface area (Å²) < 4.78 is 1.59. The van der Waals surface area contributed by atoms with Crippen molar-refractivity contribution in [3.05, 3.63) is 70.4 Å². The molecule has 0 fully saturated rings. The van der Waals surface area contributed by atoms with Gasteiger partial charge in [-0.2, -0.15) is 0 Å². The van der Waals surface area contributed by atoms with Crippen LogP contribution in [0.1, 0.15) is 102 Å². The highest BCUT2D eigenvalue weighted by Gasteiger charge is 2.27. The highest BCUT2D eigenvalue weighted by Crippen LogP contribution is 2.30. The number of hydrogen-bond donors (Lipinski definition) is 2. The van der Waals surface area contributed by atoms with Gasteiger partial charge in [0.1, 0.15) is 10.7 Å². The minimum atomic E-state index is -0.374. The quantitative estimate of drug-likeness (QED) is 0.148. The Bertz CT molecular complexity index is 1290. The summed E-state index contributed by atoms with van der Waals surface area (Å²) in [7, 11) is 0. The van der Waals surface area contributed by atoms with Gasteiger partial charge in [-0.05, 0) is 36.8 Å². The molecule has 42 heavy (non-hydrogen) atoms. The first-order valence-electron chi connectivity index (χ1n) is 16.1. The maximum absolute atomic E-state index is 6.43. The molecule has 0 radical (unpaired) electrons. The maximum atomic E-state index is 6.43. The van der Waals surface area contributed by atoms with Crippen molar-refractivity contribution in [3.8, 4) is 22.5 Å². The van der Waals surface area contributed by atoms with Gasteiger partial charge in [0.05, 0.1) is 23.5 Å². The van der Waals surface area contributed by atoms with Crippen molar-refractivity contribution < 1.29 is 0 Å². The van der Waals surface area contributed by atoms with Crippen LogP contribution in [0.2, 0.25) is 0 Å². The van der Waals surface area contributed by atoms with Gasteiger partial charge in [0.15, 0.2) is 0 Å². The summed E-state index contributed by atoms with van der Waals surface area (Å²) in [6, 6.07) is 17.0. The van der Waals surface area contributed by atoms with E-state index in [0.717, 1.165) is 55.0 Å². The summed E-state index contributed by atoms with van der Waals surface area (Å²) in [4.78, 5) is 10.4. The molecule has 1 aliphatic rings. The van der Waals surface area contributed by atoms with Crippen molar-refractivity contribution in [2.24, 2.45) is 11.5 Å². The molecule has 2 aromatic carbocycles. The lowest BCUT2D eigenvalue weighted by Crippen LogP contribution is -2.52. The van der Waals surface area contributed by atoms with Crippen molar-refractivity contribution in [2.75, 3.05) is 0 Å². The van der Waals surface area contributed by atoms with Gasteiger partial charge in [-0.3, -0.25) is 0 Å². The molecule has 226 valence electrons. The average Bonchev–Trinajstić information content (AvgIpc) is 3.02. The van der Waals surface area contributed by atoms with Crippen LogP contribution >= 0.6 is 31.9 Å². The Hall–Kier alpha value is -1.86. The summed E-state index contributed by atoms with van der Waals surface area (Å²) in [5, 5.41) is 1.51. The normalized spacial score (nSPS) is 16.6. The largest absolute Gasteiger partial charge is 0.322 e. The van der Waals surface area contributed by atoms with Gasteiger partial charge in [-0.1, -0.05) is 158 Å². The number of benzene rings is 2. The molecule has 6 heteroatoms. The Morgan fingerprint density at radius 2 is 0.857 bits per heavy atom. The van der Waals surface area contributed by atoms with Crippen LogP contribution in [-0.4, -0.2) is 22.1 Å². The fourth-order valence-electron chi connectivity index (χ4n) is 5.68. The molecule has 0 bridgehead atoms. The van der Waals surface area contributed by atoms with Crippen molar-refractivity contribution in [3.63, 3.8) is 0 Å². The van der Waals surface area contributed by atoms with Gasteiger partial charge in [0, 0.05) is 20.1 Å². The van der Waals surface area contributed by atoms with Crippen LogP contribution in [0.5, 0.6) is 0 Å². The topological polar surface area (TPSA) is 77.8 Å². The first kappa shape index (κ1) is 33.0. The zero-order valence-electron chi connectivity index (χ0n) is 25.5. The minimum Gasteiger partial charge on any atom is -0.322 e. The van der Waals surface area contributed by atoms with Gasteiger partial charge in [-0.25, -0.2) is 9.97 Å². The standard InChI is InChI=1S/C36H48Br2N4/c1-3-5-7-9-11-13-15-25-17-21-27(22-18-25)33-34(42-36-30(38)32(40)31(39)29(37)35(36)41-33)28-23-19-26(20-24-28)16-14-12-10-8-6-4-2/h17-24,31-32H,3-16,39-40H2,1-2H3. The van der Waals surface area contributed by atoms with Gasteiger partial charge in [0.2, 0.25) is 0 Å². The third-order valence-electron chi connectivity index (χ3n) is 8.41. The Labute approximate surface area is 269 Å². The fourth-order valence-corrected chi connectivity index (χ4v) is 6.80. The fraction of sp³-hybridized carbons (Fsp3) is 0.500. The molecule has 2 atom stereocenters. The SMILES string of the molecule is CCCCCCCCc1ccc(-c2nc3c(nc2-c2ccc(CCCCCCCC)cc2)=C(Br)C(N)C(N)C=3Br)cc1. The molecule has 0 aliphatic heterocycles. The highest BCUT2D eigenvalue weighted by molar-refractivity contribution is 9.15.